The van der Waals surface area contributed by atoms with E-state index >= 15 is 0 Å². The number of aromatic amines is 2. The fourth-order valence-corrected chi connectivity index (χ4v) is 4.85. The molecule has 1 amide bonds. The van der Waals surface area contributed by atoms with Crippen LogP contribution in [-0.4, -0.2) is 45.6 Å². The Morgan fingerprint density at radius 3 is 2.62 bits per heavy atom. The highest BCUT2D eigenvalue weighted by Crippen LogP contribution is 2.32. The van der Waals surface area contributed by atoms with Crippen LogP contribution in [0.2, 0.25) is 0 Å². The highest BCUT2D eigenvalue weighted by atomic mass is 16.1. The molecule has 0 fully saturated rings. The van der Waals surface area contributed by atoms with Gasteiger partial charge < -0.3 is 14.9 Å². The van der Waals surface area contributed by atoms with Gasteiger partial charge in [-0.3, -0.25) is 19.9 Å². The minimum Gasteiger partial charge on any atom is -0.352 e. The topological polar surface area (TPSA) is 130 Å². The summed E-state index contributed by atoms with van der Waals surface area (Å²) in [6, 6.07) is 15.6. The first kappa shape index (κ1) is 23.5. The van der Waals surface area contributed by atoms with Crippen LogP contribution in [0.1, 0.15) is 11.3 Å². The van der Waals surface area contributed by atoms with Crippen molar-refractivity contribution >= 4 is 33.5 Å². The van der Waals surface area contributed by atoms with Gasteiger partial charge in [0.1, 0.15) is 0 Å². The number of carbonyl (C=O) groups is 1. The van der Waals surface area contributed by atoms with Crippen molar-refractivity contribution in [2.24, 2.45) is 0 Å². The number of hydrogen-bond donors (Lipinski definition) is 3. The zero-order chi connectivity index (χ0) is 27.1. The fraction of sp³-hybridized carbons (Fsp3) is 0.0667. The molecule has 0 spiro atoms. The number of pyridine rings is 3. The van der Waals surface area contributed by atoms with E-state index in [1.54, 1.807) is 31.1 Å². The van der Waals surface area contributed by atoms with Gasteiger partial charge in [0.05, 0.1) is 65.3 Å². The van der Waals surface area contributed by atoms with Crippen LogP contribution in [0.5, 0.6) is 0 Å². The van der Waals surface area contributed by atoms with Crippen molar-refractivity contribution in [3.05, 3.63) is 103 Å². The van der Waals surface area contributed by atoms with Crippen LogP contribution in [0, 0.1) is 6.92 Å². The van der Waals surface area contributed by atoms with Crippen molar-refractivity contribution in [2.45, 2.75) is 13.3 Å². The van der Waals surface area contributed by atoms with Crippen molar-refractivity contribution in [2.75, 3.05) is 5.32 Å². The van der Waals surface area contributed by atoms with E-state index in [0.29, 0.717) is 17.8 Å². The maximum atomic E-state index is 12.6. The molecule has 0 aliphatic carbocycles. The Morgan fingerprint density at radius 2 is 1.77 bits per heavy atom. The number of rotatable bonds is 6. The van der Waals surface area contributed by atoms with Gasteiger partial charge in [0.25, 0.3) is 0 Å². The van der Waals surface area contributed by atoms with Gasteiger partial charge in [-0.05, 0) is 30.7 Å². The molecule has 7 rings (SSSR count). The number of anilines is 1. The van der Waals surface area contributed by atoms with Crippen LogP contribution in [-0.2, 0) is 11.2 Å². The number of nitrogens with one attached hydrogen (secondary N) is 3. The number of carbonyl (C=O) groups excluding carboxylic acids is 1. The second-order valence-electron chi connectivity index (χ2n) is 9.59. The van der Waals surface area contributed by atoms with E-state index in [9.17, 15) is 4.79 Å². The molecular weight excluding hydrogens is 502 g/mol. The van der Waals surface area contributed by atoms with Crippen LogP contribution in [0.15, 0.2) is 92.0 Å². The third-order valence-corrected chi connectivity index (χ3v) is 6.76. The first-order valence-corrected chi connectivity index (χ1v) is 12.7. The number of H-pyrrole nitrogens is 2. The summed E-state index contributed by atoms with van der Waals surface area (Å²) in [7, 11) is 0. The standard InChI is InChI=1S/C30H23N9O/c1-18-16-39(17-34-18)27-15-32-14-26-23(27)10-25(36-26)29-24-9-21(12-33-30(24)38-37-29)20-8-22(13-31-11-20)35-28(40)7-19-5-3-2-4-6-19/h2-6,8-17,36H,7H2,1H3,(H,35,40)(H,33,37,38). The minimum atomic E-state index is -0.102. The van der Waals surface area contributed by atoms with Gasteiger partial charge in [0.2, 0.25) is 5.91 Å². The number of aromatic nitrogens is 8. The number of fused-ring (bicyclic) bond motifs is 2. The van der Waals surface area contributed by atoms with Crippen molar-refractivity contribution in [3.63, 3.8) is 0 Å². The largest absolute Gasteiger partial charge is 0.352 e. The van der Waals surface area contributed by atoms with Gasteiger partial charge in [-0.1, -0.05) is 30.3 Å². The molecule has 0 saturated carbocycles. The lowest BCUT2D eigenvalue weighted by Crippen LogP contribution is -2.14. The molecule has 3 N–H and O–H groups in total. The van der Waals surface area contributed by atoms with E-state index in [4.69, 9.17) is 0 Å². The Hall–Kier alpha value is -5.64. The smallest absolute Gasteiger partial charge is 0.228 e. The average Bonchev–Trinajstić information content (AvgIpc) is 3.71. The Morgan fingerprint density at radius 1 is 0.925 bits per heavy atom. The number of nitrogens with zero attached hydrogens (tertiary/aromatic N) is 6. The van der Waals surface area contributed by atoms with E-state index in [-0.39, 0.29) is 5.91 Å². The van der Waals surface area contributed by atoms with Crippen molar-refractivity contribution in [3.8, 4) is 28.2 Å². The fourth-order valence-electron chi connectivity index (χ4n) is 4.85. The summed E-state index contributed by atoms with van der Waals surface area (Å²) in [5.41, 5.74) is 8.29. The highest BCUT2D eigenvalue weighted by molar-refractivity contribution is 5.98. The van der Waals surface area contributed by atoms with Gasteiger partial charge >= 0.3 is 0 Å². The highest BCUT2D eigenvalue weighted by Gasteiger charge is 2.15. The summed E-state index contributed by atoms with van der Waals surface area (Å²) < 4.78 is 1.96. The Balaban J connectivity index is 1.21. The quantitative estimate of drug-likeness (QED) is 0.272. The molecule has 0 saturated heterocycles. The second-order valence-corrected chi connectivity index (χ2v) is 9.59. The molecule has 0 atom stereocenters. The summed E-state index contributed by atoms with van der Waals surface area (Å²) in [4.78, 5) is 33.7. The van der Waals surface area contributed by atoms with Gasteiger partial charge in [0.15, 0.2) is 5.65 Å². The van der Waals surface area contributed by atoms with E-state index in [0.717, 1.165) is 55.7 Å². The molecule has 0 unspecified atom stereocenters. The lowest BCUT2D eigenvalue weighted by molar-refractivity contribution is -0.115. The lowest BCUT2D eigenvalue weighted by atomic mass is 10.1. The monoisotopic (exact) mass is 525 g/mol. The normalized spacial score (nSPS) is 11.3. The van der Waals surface area contributed by atoms with E-state index in [2.05, 4.69) is 46.5 Å². The van der Waals surface area contributed by atoms with E-state index in [1.165, 1.54) is 0 Å². The van der Waals surface area contributed by atoms with Gasteiger partial charge in [-0.2, -0.15) is 5.10 Å². The first-order valence-electron chi connectivity index (χ1n) is 12.7. The maximum Gasteiger partial charge on any atom is 0.228 e. The van der Waals surface area contributed by atoms with Crippen molar-refractivity contribution in [1.29, 1.82) is 0 Å². The minimum absolute atomic E-state index is 0.102. The Labute approximate surface area is 228 Å². The molecule has 10 heteroatoms. The van der Waals surface area contributed by atoms with Crippen LogP contribution in [0.3, 0.4) is 0 Å². The molecule has 10 nitrogen and oxygen atoms in total. The third kappa shape index (κ3) is 4.37. The lowest BCUT2D eigenvalue weighted by Gasteiger charge is -2.07. The summed E-state index contributed by atoms with van der Waals surface area (Å²) in [6.45, 7) is 1.96. The summed E-state index contributed by atoms with van der Waals surface area (Å²) >= 11 is 0. The molecule has 0 aliphatic rings. The first-order chi connectivity index (χ1) is 19.6. The van der Waals surface area contributed by atoms with Gasteiger partial charge in [0, 0.05) is 40.5 Å². The van der Waals surface area contributed by atoms with E-state index in [1.807, 2.05) is 66.3 Å². The predicted octanol–water partition coefficient (Wildman–Crippen LogP) is 5.24. The molecule has 40 heavy (non-hydrogen) atoms. The number of amides is 1. The number of imidazole rings is 1. The summed E-state index contributed by atoms with van der Waals surface area (Å²) in [5.74, 6) is -0.102. The average molecular weight is 526 g/mol. The Bertz CT molecular complexity index is 2000. The molecular formula is C30H23N9O. The SMILES string of the molecule is Cc1cn(-c2cncc3[nH]c(-c4[nH]nc5ncc(-c6cncc(NC(=O)Cc7ccccc7)c6)cc45)cc23)cn1. The maximum absolute atomic E-state index is 12.6. The molecule has 0 bridgehead atoms. The zero-order valence-corrected chi connectivity index (χ0v) is 21.5. The Kier molecular flexibility index (Phi) is 5.63. The van der Waals surface area contributed by atoms with Crippen molar-refractivity contribution < 1.29 is 4.79 Å². The molecule has 1 aromatic carbocycles. The van der Waals surface area contributed by atoms with Crippen LogP contribution in [0.4, 0.5) is 5.69 Å². The second kappa shape index (κ2) is 9.59. The van der Waals surface area contributed by atoms with Gasteiger partial charge in [-0.15, -0.1) is 0 Å². The summed E-state index contributed by atoms with van der Waals surface area (Å²) in [5, 5.41) is 12.4. The molecule has 7 aromatic rings. The number of hydrogen-bond acceptors (Lipinski definition) is 6. The summed E-state index contributed by atoms with van der Waals surface area (Å²) in [6.07, 6.45) is 12.8. The number of benzene rings is 1. The zero-order valence-electron chi connectivity index (χ0n) is 21.5. The molecule has 0 aliphatic heterocycles. The van der Waals surface area contributed by atoms with Crippen LogP contribution < -0.4 is 5.32 Å². The molecule has 194 valence electrons. The van der Waals surface area contributed by atoms with Crippen molar-refractivity contribution in [1.82, 2.24) is 39.7 Å². The van der Waals surface area contributed by atoms with E-state index < -0.39 is 0 Å². The van der Waals surface area contributed by atoms with Crippen LogP contribution in [0.25, 0.3) is 50.1 Å². The molecule has 6 heterocycles. The molecule has 6 aromatic heterocycles. The van der Waals surface area contributed by atoms with Crippen LogP contribution >= 0.6 is 0 Å². The molecule has 0 radical (unpaired) electrons. The predicted molar refractivity (Wildman–Crippen MR) is 153 cm³/mol. The van der Waals surface area contributed by atoms with Gasteiger partial charge in [-0.25, -0.2) is 9.97 Å². The number of aryl methyl sites for hydroxylation is 1. The third-order valence-electron chi connectivity index (χ3n) is 6.76.